The Morgan fingerprint density at radius 1 is 1.16 bits per heavy atom. The molecule has 7 nitrogen and oxygen atoms in total. The summed E-state index contributed by atoms with van der Waals surface area (Å²) in [5, 5.41) is 7.97. The molecule has 3 rings (SSSR count). The summed E-state index contributed by atoms with van der Waals surface area (Å²) < 4.78 is 12.7. The molecule has 0 saturated carbocycles. The number of aryl methyl sites for hydroxylation is 2. The van der Waals surface area contributed by atoms with E-state index in [1.165, 1.54) is 0 Å². The molecule has 0 amide bonds. The van der Waals surface area contributed by atoms with Crippen LogP contribution in [0, 0.1) is 13.8 Å². The molecule has 132 valence electrons. The van der Waals surface area contributed by atoms with Gasteiger partial charge in [0.1, 0.15) is 17.3 Å². The number of nitrogens with one attached hydrogen (secondary N) is 1. The highest BCUT2D eigenvalue weighted by atomic mass is 16.5. The lowest BCUT2D eigenvalue weighted by Gasteiger charge is -2.11. The van der Waals surface area contributed by atoms with Crippen molar-refractivity contribution in [3.8, 4) is 22.6 Å². The molecule has 0 atom stereocenters. The van der Waals surface area contributed by atoms with Crippen molar-refractivity contribution in [2.75, 3.05) is 32.6 Å². The van der Waals surface area contributed by atoms with Crippen LogP contribution in [0.15, 0.2) is 24.3 Å². The molecule has 2 heterocycles. The van der Waals surface area contributed by atoms with E-state index >= 15 is 0 Å². The summed E-state index contributed by atoms with van der Waals surface area (Å²) in [6.45, 7) is 5.14. The Hall–Kier alpha value is -2.80. The lowest BCUT2D eigenvalue weighted by molar-refractivity contribution is 0.395. The molecule has 0 unspecified atom stereocenters. The highest BCUT2D eigenvalue weighted by Gasteiger charge is 2.19. The lowest BCUT2D eigenvalue weighted by Crippen LogP contribution is -2.15. The summed E-state index contributed by atoms with van der Waals surface area (Å²) in [6.07, 6.45) is 0. The molecule has 25 heavy (non-hydrogen) atoms. The van der Waals surface area contributed by atoms with Crippen LogP contribution in [0.25, 0.3) is 16.8 Å². The molecule has 3 aromatic rings. The summed E-state index contributed by atoms with van der Waals surface area (Å²) in [6, 6.07) is 7.70. The van der Waals surface area contributed by atoms with Crippen LogP contribution in [0.5, 0.6) is 11.5 Å². The first-order valence-electron chi connectivity index (χ1n) is 8.12. The van der Waals surface area contributed by atoms with Crippen LogP contribution in [0.3, 0.4) is 0 Å². The van der Waals surface area contributed by atoms with E-state index in [-0.39, 0.29) is 0 Å². The molecule has 0 saturated heterocycles. The van der Waals surface area contributed by atoms with E-state index < -0.39 is 0 Å². The van der Waals surface area contributed by atoms with E-state index in [0.29, 0.717) is 13.1 Å². The molecule has 0 aliphatic rings. The molecule has 0 aliphatic carbocycles. The van der Waals surface area contributed by atoms with Gasteiger partial charge in [-0.05, 0) is 26.0 Å². The van der Waals surface area contributed by atoms with Gasteiger partial charge in [0.05, 0.1) is 25.5 Å². The quantitative estimate of drug-likeness (QED) is 0.716. The smallest absolute Gasteiger partial charge is 0.165 e. The average Bonchev–Trinajstić information content (AvgIpc) is 2.94. The minimum absolute atomic E-state index is 0.544. The van der Waals surface area contributed by atoms with Gasteiger partial charge in [0.25, 0.3) is 0 Å². The number of nitrogens with zero attached hydrogens (tertiary/aromatic N) is 3. The van der Waals surface area contributed by atoms with Crippen molar-refractivity contribution in [2.24, 2.45) is 5.73 Å². The number of hydrogen-bond acceptors (Lipinski definition) is 6. The first kappa shape index (κ1) is 17.0. The second kappa shape index (κ2) is 6.98. The van der Waals surface area contributed by atoms with Gasteiger partial charge < -0.3 is 20.5 Å². The molecule has 0 bridgehead atoms. The largest absolute Gasteiger partial charge is 0.497 e. The van der Waals surface area contributed by atoms with Crippen LogP contribution in [0.4, 0.5) is 5.82 Å². The minimum atomic E-state index is 0.544. The molecule has 7 heteroatoms. The number of rotatable bonds is 6. The van der Waals surface area contributed by atoms with Crippen molar-refractivity contribution in [2.45, 2.75) is 13.8 Å². The van der Waals surface area contributed by atoms with Crippen molar-refractivity contribution < 1.29 is 9.47 Å². The minimum Gasteiger partial charge on any atom is -0.497 e. The number of hydrogen-bond donors (Lipinski definition) is 2. The zero-order valence-electron chi connectivity index (χ0n) is 15.0. The SMILES string of the molecule is COc1ccc(-c2c(C)nn3c(NCCN)cc(C)nc23)c(OC)c1. The van der Waals surface area contributed by atoms with E-state index in [1.807, 2.05) is 42.6 Å². The number of aromatic nitrogens is 3. The Labute approximate surface area is 146 Å². The highest BCUT2D eigenvalue weighted by molar-refractivity contribution is 5.85. The highest BCUT2D eigenvalue weighted by Crippen LogP contribution is 2.37. The van der Waals surface area contributed by atoms with Crippen molar-refractivity contribution in [3.05, 3.63) is 35.7 Å². The van der Waals surface area contributed by atoms with Gasteiger partial charge in [-0.25, -0.2) is 4.98 Å². The van der Waals surface area contributed by atoms with Gasteiger partial charge in [-0.1, -0.05) is 0 Å². The lowest BCUT2D eigenvalue weighted by atomic mass is 10.0. The van der Waals surface area contributed by atoms with Crippen LogP contribution in [0.2, 0.25) is 0 Å². The van der Waals surface area contributed by atoms with Crippen molar-refractivity contribution in [1.82, 2.24) is 14.6 Å². The summed E-state index contributed by atoms with van der Waals surface area (Å²) in [5.41, 5.74) is 10.0. The summed E-state index contributed by atoms with van der Waals surface area (Å²) in [7, 11) is 3.28. The molecule has 0 fully saturated rings. The maximum absolute atomic E-state index is 5.61. The summed E-state index contributed by atoms with van der Waals surface area (Å²) >= 11 is 0. The fraction of sp³-hybridized carbons (Fsp3) is 0.333. The Kier molecular flexibility index (Phi) is 4.76. The average molecular weight is 341 g/mol. The fourth-order valence-corrected chi connectivity index (χ4v) is 2.89. The second-order valence-electron chi connectivity index (χ2n) is 5.76. The predicted molar refractivity (Wildman–Crippen MR) is 98.5 cm³/mol. The van der Waals surface area contributed by atoms with E-state index in [0.717, 1.165) is 45.5 Å². The van der Waals surface area contributed by atoms with E-state index in [4.69, 9.17) is 20.2 Å². The molecule has 3 N–H and O–H groups in total. The Bertz CT molecular complexity index is 904. The fourth-order valence-electron chi connectivity index (χ4n) is 2.89. The number of benzene rings is 1. The topological polar surface area (TPSA) is 86.7 Å². The molecular weight excluding hydrogens is 318 g/mol. The van der Waals surface area contributed by atoms with Crippen LogP contribution < -0.4 is 20.5 Å². The Morgan fingerprint density at radius 3 is 2.64 bits per heavy atom. The van der Waals surface area contributed by atoms with Gasteiger partial charge in [0, 0.05) is 36.5 Å². The first-order chi connectivity index (χ1) is 12.1. The van der Waals surface area contributed by atoms with Crippen molar-refractivity contribution in [3.63, 3.8) is 0 Å². The van der Waals surface area contributed by atoms with Gasteiger partial charge in [-0.15, -0.1) is 0 Å². The third kappa shape index (κ3) is 3.10. The maximum Gasteiger partial charge on any atom is 0.165 e. The van der Waals surface area contributed by atoms with Gasteiger partial charge in [-0.2, -0.15) is 9.61 Å². The van der Waals surface area contributed by atoms with Crippen LogP contribution in [-0.2, 0) is 0 Å². The normalized spacial score (nSPS) is 10.9. The third-order valence-corrected chi connectivity index (χ3v) is 4.02. The monoisotopic (exact) mass is 341 g/mol. The summed E-state index contributed by atoms with van der Waals surface area (Å²) in [5.74, 6) is 2.33. The molecule has 2 aromatic heterocycles. The number of fused-ring (bicyclic) bond motifs is 1. The van der Waals surface area contributed by atoms with Gasteiger partial charge in [0.15, 0.2) is 5.65 Å². The first-order valence-corrected chi connectivity index (χ1v) is 8.12. The van der Waals surface area contributed by atoms with Crippen LogP contribution in [0.1, 0.15) is 11.4 Å². The zero-order valence-corrected chi connectivity index (χ0v) is 15.0. The molecule has 1 aromatic carbocycles. The number of ether oxygens (including phenoxy) is 2. The molecule has 0 radical (unpaired) electrons. The van der Waals surface area contributed by atoms with Crippen LogP contribution in [-0.4, -0.2) is 41.9 Å². The molecule has 0 spiro atoms. The molecule has 0 aliphatic heterocycles. The molecular formula is C18H23N5O2. The van der Waals surface area contributed by atoms with Gasteiger partial charge in [0.2, 0.25) is 0 Å². The van der Waals surface area contributed by atoms with E-state index in [1.54, 1.807) is 14.2 Å². The van der Waals surface area contributed by atoms with Gasteiger partial charge >= 0.3 is 0 Å². The number of nitrogens with two attached hydrogens (primary N) is 1. The third-order valence-electron chi connectivity index (χ3n) is 4.02. The van der Waals surface area contributed by atoms with Crippen LogP contribution >= 0.6 is 0 Å². The van der Waals surface area contributed by atoms with Crippen molar-refractivity contribution >= 4 is 11.5 Å². The Morgan fingerprint density at radius 2 is 1.96 bits per heavy atom. The van der Waals surface area contributed by atoms with Gasteiger partial charge in [-0.3, -0.25) is 0 Å². The standard InChI is InChI=1S/C18H23N5O2/c1-11-9-16(20-8-7-19)23-18(21-11)17(12(2)22-23)14-6-5-13(24-3)10-15(14)25-4/h5-6,9-10,20H,7-8,19H2,1-4H3. The van der Waals surface area contributed by atoms with Crippen molar-refractivity contribution in [1.29, 1.82) is 0 Å². The number of anilines is 1. The predicted octanol–water partition coefficient (Wildman–Crippen LogP) is 2.40. The zero-order chi connectivity index (χ0) is 18.0. The van der Waals surface area contributed by atoms with E-state index in [2.05, 4.69) is 10.4 Å². The Balaban J connectivity index is 2.23. The second-order valence-corrected chi connectivity index (χ2v) is 5.76. The van der Waals surface area contributed by atoms with E-state index in [9.17, 15) is 0 Å². The number of methoxy groups -OCH3 is 2. The maximum atomic E-state index is 5.61. The summed E-state index contributed by atoms with van der Waals surface area (Å²) in [4.78, 5) is 4.70.